The van der Waals surface area contributed by atoms with Crippen molar-refractivity contribution in [2.75, 3.05) is 32.4 Å². The Kier molecular flexibility index (Phi) is 9.33. The van der Waals surface area contributed by atoms with Crippen LogP contribution in [0.15, 0.2) is 53.4 Å². The number of hydrogen-bond acceptors (Lipinski definition) is 6. The molecule has 2 N–H and O–H groups in total. The summed E-state index contributed by atoms with van der Waals surface area (Å²) in [6, 6.07) is 6.84. The number of halogens is 1. The molecule has 1 fully saturated rings. The largest absolute Gasteiger partial charge is 0.336 e. The van der Waals surface area contributed by atoms with Crippen molar-refractivity contribution < 1.29 is 13.2 Å². The number of sulfonamides is 1. The maximum atomic E-state index is 12.9. The van der Waals surface area contributed by atoms with E-state index in [4.69, 9.17) is 18.0 Å². The number of amides is 2. The second-order valence-electron chi connectivity index (χ2n) is 11.6. The standard InChI is InChI=1S/C30H38ClN7O3S/c1-8-20-16-24(27(35-42(7,40)41)25-18-32-19-36(25)6)23-17-21(31)10-11-22(23)28(26(20)33-9-2)37-12-14-38(15-13-37)29(39)34-30(3,4)5/h2,8,10-11,16-19,27-28,35H,12-15H2,1,3-7H3,(H,34,39)/b20-8-,33-26?/t27?,28-/m0/s1. The van der Waals surface area contributed by atoms with Crippen LogP contribution in [0.3, 0.4) is 0 Å². The van der Waals surface area contributed by atoms with E-state index in [1.165, 1.54) is 0 Å². The molecule has 224 valence electrons. The molecule has 0 saturated carbocycles. The van der Waals surface area contributed by atoms with E-state index in [0.29, 0.717) is 48.2 Å². The summed E-state index contributed by atoms with van der Waals surface area (Å²) in [5.74, 6) is 0. The maximum absolute atomic E-state index is 12.9. The fourth-order valence-electron chi connectivity index (χ4n) is 5.40. The molecule has 1 aromatic heterocycles. The van der Waals surface area contributed by atoms with Gasteiger partial charge in [-0.15, -0.1) is 0 Å². The summed E-state index contributed by atoms with van der Waals surface area (Å²) in [5, 5.41) is 3.54. The molecule has 1 unspecified atom stereocenters. The van der Waals surface area contributed by atoms with Crippen LogP contribution >= 0.6 is 11.6 Å². The molecule has 2 heterocycles. The zero-order chi connectivity index (χ0) is 30.8. The molecule has 1 aliphatic heterocycles. The molecule has 4 rings (SSSR count). The number of hydrogen-bond donors (Lipinski definition) is 2. The molecule has 2 aromatic rings. The first kappa shape index (κ1) is 31.5. The molecule has 2 aliphatic rings. The van der Waals surface area contributed by atoms with E-state index in [1.807, 2.05) is 70.0 Å². The van der Waals surface area contributed by atoms with Gasteiger partial charge >= 0.3 is 6.03 Å². The molecule has 0 radical (unpaired) electrons. The van der Waals surface area contributed by atoms with E-state index in [0.717, 1.165) is 23.0 Å². The van der Waals surface area contributed by atoms with Gasteiger partial charge in [-0.3, -0.25) is 4.90 Å². The highest BCUT2D eigenvalue weighted by Crippen LogP contribution is 2.42. The van der Waals surface area contributed by atoms with Crippen LogP contribution in [-0.2, 0) is 17.1 Å². The van der Waals surface area contributed by atoms with Gasteiger partial charge in [0, 0.05) is 49.8 Å². The molecular weight excluding hydrogens is 574 g/mol. The number of aromatic nitrogens is 2. The Labute approximate surface area is 253 Å². The Morgan fingerprint density at radius 2 is 1.95 bits per heavy atom. The zero-order valence-corrected chi connectivity index (χ0v) is 26.4. The summed E-state index contributed by atoms with van der Waals surface area (Å²) in [6.07, 6.45) is 14.0. The van der Waals surface area contributed by atoms with Crippen molar-refractivity contribution in [1.82, 2.24) is 29.4 Å². The fraction of sp³-hybridized carbons (Fsp3) is 0.433. The van der Waals surface area contributed by atoms with Crippen LogP contribution in [0.25, 0.3) is 5.57 Å². The highest BCUT2D eigenvalue weighted by Gasteiger charge is 2.37. The smallest absolute Gasteiger partial charge is 0.317 e. The third kappa shape index (κ3) is 7.13. The van der Waals surface area contributed by atoms with Gasteiger partial charge in [-0.2, -0.15) is 4.99 Å². The van der Waals surface area contributed by atoms with E-state index in [2.05, 4.69) is 31.0 Å². The van der Waals surface area contributed by atoms with Gasteiger partial charge in [-0.1, -0.05) is 30.2 Å². The quantitative estimate of drug-likeness (QED) is 0.498. The number of nitrogens with zero attached hydrogens (tertiary/aromatic N) is 5. The number of fused-ring (bicyclic) bond motifs is 1. The van der Waals surface area contributed by atoms with Crippen LogP contribution in [-0.4, -0.2) is 77.5 Å². The van der Waals surface area contributed by atoms with Crippen LogP contribution in [0.4, 0.5) is 4.79 Å². The minimum absolute atomic E-state index is 0.100. The lowest BCUT2D eigenvalue weighted by atomic mass is 9.90. The Balaban J connectivity index is 1.85. The number of urea groups is 1. The number of imidazole rings is 1. The molecule has 0 bridgehead atoms. The molecule has 42 heavy (non-hydrogen) atoms. The molecule has 1 aliphatic carbocycles. The number of carbonyl (C=O) groups is 1. The van der Waals surface area contributed by atoms with Gasteiger partial charge < -0.3 is 14.8 Å². The number of benzene rings is 1. The third-order valence-electron chi connectivity index (χ3n) is 7.22. The maximum Gasteiger partial charge on any atom is 0.317 e. The normalized spacial score (nSPS) is 21.0. The summed E-state index contributed by atoms with van der Waals surface area (Å²) in [5.41, 5.74) is 4.07. The summed E-state index contributed by atoms with van der Waals surface area (Å²) in [7, 11) is -1.84. The van der Waals surface area contributed by atoms with Gasteiger partial charge in [0.25, 0.3) is 0 Å². The lowest BCUT2D eigenvalue weighted by Gasteiger charge is -2.40. The van der Waals surface area contributed by atoms with E-state index in [-0.39, 0.29) is 17.6 Å². The molecule has 2 atom stereocenters. The summed E-state index contributed by atoms with van der Waals surface area (Å²) < 4.78 is 29.9. The van der Waals surface area contributed by atoms with Crippen molar-refractivity contribution in [3.8, 4) is 12.5 Å². The second-order valence-corrected chi connectivity index (χ2v) is 13.8. The third-order valence-corrected chi connectivity index (χ3v) is 8.12. The molecular formula is C30H38ClN7O3S. The number of terminal acetylenes is 1. The van der Waals surface area contributed by atoms with Crippen molar-refractivity contribution >= 4 is 38.9 Å². The van der Waals surface area contributed by atoms with Crippen molar-refractivity contribution in [2.24, 2.45) is 12.0 Å². The summed E-state index contributed by atoms with van der Waals surface area (Å²) in [4.78, 5) is 25.7. The molecule has 0 spiro atoms. The highest BCUT2D eigenvalue weighted by atomic mass is 35.5. The predicted octanol–water partition coefficient (Wildman–Crippen LogP) is 3.91. The van der Waals surface area contributed by atoms with Crippen LogP contribution in [0.5, 0.6) is 0 Å². The summed E-state index contributed by atoms with van der Waals surface area (Å²) in [6.45, 7) is 9.95. The molecule has 1 aromatic carbocycles. The molecule has 12 heteroatoms. The minimum Gasteiger partial charge on any atom is -0.336 e. The number of aliphatic imine (C=N–C) groups is 1. The topological polar surface area (TPSA) is 112 Å². The van der Waals surface area contributed by atoms with Crippen molar-refractivity contribution in [2.45, 2.75) is 45.3 Å². The first-order chi connectivity index (χ1) is 19.7. The molecule has 1 saturated heterocycles. The minimum atomic E-state index is -3.65. The second kappa shape index (κ2) is 12.4. The van der Waals surface area contributed by atoms with Crippen LogP contribution in [0.2, 0.25) is 5.02 Å². The highest BCUT2D eigenvalue weighted by molar-refractivity contribution is 7.88. The lowest BCUT2D eigenvalue weighted by Crippen LogP contribution is -2.56. The van der Waals surface area contributed by atoms with Crippen LogP contribution < -0.4 is 10.0 Å². The van der Waals surface area contributed by atoms with Gasteiger partial charge in [-0.25, -0.2) is 22.9 Å². The van der Waals surface area contributed by atoms with Gasteiger partial charge in [0.05, 0.1) is 42.3 Å². The molecule has 2 amide bonds. The Hall–Kier alpha value is -3.43. The van der Waals surface area contributed by atoms with Crippen LogP contribution in [0, 0.1) is 12.5 Å². The van der Waals surface area contributed by atoms with Crippen LogP contribution in [0.1, 0.15) is 56.6 Å². The number of rotatable bonds is 5. The first-order valence-corrected chi connectivity index (χ1v) is 15.9. The lowest BCUT2D eigenvalue weighted by molar-refractivity contribution is 0.124. The van der Waals surface area contributed by atoms with E-state index in [9.17, 15) is 13.2 Å². The number of nitrogens with one attached hydrogen (secondary N) is 2. The molecule has 10 nitrogen and oxygen atoms in total. The van der Waals surface area contributed by atoms with Crippen molar-refractivity contribution in [1.29, 1.82) is 0 Å². The van der Waals surface area contributed by atoms with Gasteiger partial charge in [-0.05, 0) is 68.2 Å². The Bertz CT molecular complexity index is 1590. The fourth-order valence-corrected chi connectivity index (χ4v) is 6.25. The van der Waals surface area contributed by atoms with E-state index >= 15 is 0 Å². The monoisotopic (exact) mass is 611 g/mol. The van der Waals surface area contributed by atoms with Crippen molar-refractivity contribution in [3.05, 3.63) is 70.3 Å². The zero-order valence-electron chi connectivity index (χ0n) is 24.8. The summed E-state index contributed by atoms with van der Waals surface area (Å²) >= 11 is 6.57. The SMILES string of the molecule is C#CN=C1/C(=C\C)C=C(C(NS(C)(=O)=O)c2cncn2C)c2cc(Cl)ccc2[C@@H]1N1CCN(C(=O)NC(C)(C)C)CC1. The van der Waals surface area contributed by atoms with E-state index < -0.39 is 16.1 Å². The van der Waals surface area contributed by atoms with Crippen molar-refractivity contribution in [3.63, 3.8) is 0 Å². The predicted molar refractivity (Wildman–Crippen MR) is 168 cm³/mol. The number of aryl methyl sites for hydroxylation is 1. The Morgan fingerprint density at radius 1 is 1.26 bits per heavy atom. The Morgan fingerprint density at radius 3 is 2.50 bits per heavy atom. The average molecular weight is 612 g/mol. The van der Waals surface area contributed by atoms with E-state index in [1.54, 1.807) is 17.1 Å². The number of carbonyl (C=O) groups excluding carboxylic acids is 1. The van der Waals surface area contributed by atoms with Gasteiger partial charge in [0.1, 0.15) is 0 Å². The average Bonchev–Trinajstić information content (AvgIpc) is 3.27. The number of allylic oxidation sites excluding steroid dienone is 2. The van der Waals surface area contributed by atoms with Gasteiger partial charge in [0.15, 0.2) is 0 Å². The number of piperazine rings is 1. The van der Waals surface area contributed by atoms with Gasteiger partial charge in [0.2, 0.25) is 10.0 Å². The first-order valence-electron chi connectivity index (χ1n) is 13.7.